The Kier molecular flexibility index (Phi) is 21.4. The van der Waals surface area contributed by atoms with Crippen LogP contribution in [0.2, 0.25) is 0 Å². The van der Waals surface area contributed by atoms with Crippen molar-refractivity contribution in [3.05, 3.63) is 72.2 Å². The number of methoxy groups -OCH3 is 2. The summed E-state index contributed by atoms with van der Waals surface area (Å²) in [7, 11) is 6.20. The van der Waals surface area contributed by atoms with E-state index in [9.17, 15) is 24.0 Å². The van der Waals surface area contributed by atoms with E-state index < -0.39 is 53.8 Å². The molecule has 4 atom stereocenters. The molecule has 19 heteroatoms. The summed E-state index contributed by atoms with van der Waals surface area (Å²) in [6, 6.07) is 8.39. The summed E-state index contributed by atoms with van der Waals surface area (Å²) in [5.41, 5.74) is 2.30. The van der Waals surface area contributed by atoms with Crippen LogP contribution in [0.3, 0.4) is 0 Å². The highest BCUT2D eigenvalue weighted by Gasteiger charge is 2.33. The van der Waals surface area contributed by atoms with E-state index in [1.807, 2.05) is 42.5 Å². The average Bonchev–Trinajstić information content (AvgIpc) is 3.28. The van der Waals surface area contributed by atoms with Crippen LogP contribution in [0, 0.1) is 24.2 Å². The van der Waals surface area contributed by atoms with Gasteiger partial charge >= 0.3 is 5.97 Å². The Morgan fingerprint density at radius 3 is 2.26 bits per heavy atom. The summed E-state index contributed by atoms with van der Waals surface area (Å²) in [6.45, 7) is 10.4. The largest absolute Gasteiger partial charge is 0.487 e. The summed E-state index contributed by atoms with van der Waals surface area (Å²) in [5, 5.41) is 14.8. The Morgan fingerprint density at radius 2 is 1.60 bits per heavy atom. The smallest absolute Gasteiger partial charge is 0.329 e. The van der Waals surface area contributed by atoms with Crippen LogP contribution in [0.5, 0.6) is 11.5 Å². The molecule has 5 N–H and O–H groups in total. The number of amides is 4. The lowest BCUT2D eigenvalue weighted by atomic mass is 10.0. The number of carbonyl (C=O) groups is 5. The van der Waals surface area contributed by atoms with E-state index in [-0.39, 0.29) is 29.7 Å². The van der Waals surface area contributed by atoms with Gasteiger partial charge < -0.3 is 50.3 Å². The van der Waals surface area contributed by atoms with Gasteiger partial charge in [-0.3, -0.25) is 19.2 Å². The van der Waals surface area contributed by atoms with Gasteiger partial charge in [-0.2, -0.15) is 0 Å². The predicted molar refractivity (Wildman–Crippen MR) is 252 cm³/mol. The first-order valence-corrected chi connectivity index (χ1v) is 23.6. The molecule has 2 bridgehead atoms. The highest BCUT2D eigenvalue weighted by molar-refractivity contribution is 8.76. The molecule has 2 aromatic carbocycles. The van der Waals surface area contributed by atoms with E-state index in [1.54, 1.807) is 54.9 Å². The minimum absolute atomic E-state index is 0.0445. The van der Waals surface area contributed by atoms with Crippen molar-refractivity contribution in [2.45, 2.75) is 71.7 Å². The van der Waals surface area contributed by atoms with Crippen molar-refractivity contribution in [2.24, 2.45) is 11.8 Å². The van der Waals surface area contributed by atoms with Crippen molar-refractivity contribution in [1.82, 2.24) is 31.2 Å². The van der Waals surface area contributed by atoms with Gasteiger partial charge in [0, 0.05) is 48.4 Å². The molecule has 0 radical (unpaired) electrons. The monoisotopic (exact) mass is 933 g/mol. The SMILES string of the molecule is C#Cc1cccc(Nc2ncnc3cc(OCCOC)c(OCCOC)cc23)c1.C/C=C1\NC(=O)[C@H]2CSSCC/C=C/[C@H](CC(=O)N[C@H](C(C)C)C(=O)N2)OC(=O)[C@H](C(C)C)NC1=O. The Bertz CT molecular complexity index is 2210. The number of aromatic nitrogens is 2. The zero-order chi connectivity index (χ0) is 47.3. The number of nitrogens with zero attached hydrogens (tertiary/aromatic N) is 2. The van der Waals surface area contributed by atoms with Crippen LogP contribution in [0.1, 0.15) is 53.0 Å². The maximum absolute atomic E-state index is 13.2. The summed E-state index contributed by atoms with van der Waals surface area (Å²) in [6.07, 6.45) is 11.5. The van der Waals surface area contributed by atoms with Crippen molar-refractivity contribution in [3.63, 3.8) is 0 Å². The van der Waals surface area contributed by atoms with Gasteiger partial charge in [0.1, 0.15) is 55.3 Å². The maximum Gasteiger partial charge on any atom is 0.329 e. The molecule has 0 spiro atoms. The van der Waals surface area contributed by atoms with Crippen molar-refractivity contribution < 1.29 is 47.7 Å². The van der Waals surface area contributed by atoms with Gasteiger partial charge in [0.15, 0.2) is 11.5 Å². The first kappa shape index (κ1) is 51.8. The molecule has 0 aliphatic carbocycles. The minimum Gasteiger partial charge on any atom is -0.487 e. The number of carbonyl (C=O) groups excluding carboxylic acids is 5. The summed E-state index contributed by atoms with van der Waals surface area (Å²) in [5.74, 6) is 1.90. The van der Waals surface area contributed by atoms with E-state index in [0.717, 1.165) is 22.2 Å². The zero-order valence-corrected chi connectivity index (χ0v) is 39.4. The molecular weight excluding hydrogens is 875 g/mol. The number of hydrogen-bond acceptors (Lipinski definition) is 15. The second-order valence-corrected chi connectivity index (χ2v) is 17.9. The highest BCUT2D eigenvalue weighted by Crippen LogP contribution is 2.35. The molecular formula is C46H59N7O10S2. The van der Waals surface area contributed by atoms with E-state index in [1.165, 1.54) is 34.0 Å². The van der Waals surface area contributed by atoms with Crippen molar-refractivity contribution in [3.8, 4) is 23.8 Å². The molecule has 4 amide bonds. The number of hydrogen-bond donors (Lipinski definition) is 5. The van der Waals surface area contributed by atoms with E-state index in [0.29, 0.717) is 55.9 Å². The van der Waals surface area contributed by atoms with Crippen molar-refractivity contribution in [1.29, 1.82) is 0 Å². The lowest BCUT2D eigenvalue weighted by Crippen LogP contribution is -2.57. The average molecular weight is 934 g/mol. The molecule has 350 valence electrons. The molecule has 3 aromatic rings. The molecule has 1 saturated heterocycles. The quantitative estimate of drug-likeness (QED) is 0.0410. The number of anilines is 2. The molecule has 5 rings (SSSR count). The van der Waals surface area contributed by atoms with Crippen molar-refractivity contribution in [2.75, 3.05) is 57.5 Å². The molecule has 65 heavy (non-hydrogen) atoms. The van der Waals surface area contributed by atoms with Crippen LogP contribution < -0.4 is 36.1 Å². The van der Waals surface area contributed by atoms with Crippen LogP contribution >= 0.6 is 21.6 Å². The molecule has 1 aromatic heterocycles. The molecule has 17 nitrogen and oxygen atoms in total. The van der Waals surface area contributed by atoms with E-state index in [2.05, 4.69) is 42.5 Å². The van der Waals surface area contributed by atoms with E-state index in [4.69, 9.17) is 30.1 Å². The second kappa shape index (κ2) is 26.9. The normalized spacial score (nSPS) is 21.1. The number of rotatable bonds is 12. The van der Waals surface area contributed by atoms with Gasteiger partial charge in [0.2, 0.25) is 17.7 Å². The molecule has 2 aliphatic rings. The van der Waals surface area contributed by atoms with Crippen LogP contribution in [0.25, 0.3) is 10.9 Å². The number of fused-ring (bicyclic) bond motifs is 8. The summed E-state index contributed by atoms with van der Waals surface area (Å²) < 4.78 is 27.5. The van der Waals surface area contributed by atoms with Crippen LogP contribution in [-0.2, 0) is 38.2 Å². The second-order valence-electron chi connectivity index (χ2n) is 15.3. The van der Waals surface area contributed by atoms with E-state index >= 15 is 0 Å². The molecule has 1 fully saturated rings. The van der Waals surface area contributed by atoms with Crippen LogP contribution in [0.15, 0.2) is 66.7 Å². The first-order chi connectivity index (χ1) is 31.3. The van der Waals surface area contributed by atoms with Gasteiger partial charge in [-0.25, -0.2) is 14.8 Å². The fraction of sp³-hybridized carbons (Fsp3) is 0.457. The number of terminal acetylenes is 1. The first-order valence-electron chi connectivity index (χ1n) is 21.1. The number of benzene rings is 2. The van der Waals surface area contributed by atoms with Gasteiger partial charge in [0.25, 0.3) is 5.91 Å². The lowest BCUT2D eigenvalue weighted by Gasteiger charge is -2.27. The predicted octanol–water partition coefficient (Wildman–Crippen LogP) is 4.83. The molecule has 2 aliphatic heterocycles. The highest BCUT2D eigenvalue weighted by atomic mass is 33.1. The minimum atomic E-state index is -1.00. The standard InChI is InChI=1S/C24H36N4O6S2.C22H23N3O4/c1-6-16-21(30)28-20(14(4)5)24(33)34-15-9-7-8-10-35-36-12-17(22(31)25-16)26-23(32)19(13(2)3)27-18(29)11-15;1-4-16-6-5-7-17(12-16)25-22-18-13-20(28-10-8-26-2)21(29-11-9-27-3)14-19(18)23-15-24-22/h6-7,9,13-15,17,19-20H,8,10-12H2,1-5H3,(H,25,31)(H,26,32)(H,27,29)(H,28,30);1,5-7,12-15H,8-11H2,2-3H3,(H,23,24,25)/b9-7+,16-6-;/t15-,17-,19-,20+;/m1./s1. The van der Waals surface area contributed by atoms with Crippen LogP contribution in [-0.4, -0.2) is 116 Å². The van der Waals surface area contributed by atoms with Gasteiger partial charge in [-0.15, -0.1) is 6.42 Å². The number of esters is 1. The number of allylic oxidation sites excluding steroid dienone is 2. The summed E-state index contributed by atoms with van der Waals surface area (Å²) >= 11 is 0. The summed E-state index contributed by atoms with van der Waals surface area (Å²) in [4.78, 5) is 73.9. The third kappa shape index (κ3) is 16.3. The molecule has 0 saturated carbocycles. The van der Waals surface area contributed by atoms with Gasteiger partial charge in [0.05, 0.1) is 25.2 Å². The molecule has 3 heterocycles. The number of nitrogens with one attached hydrogen (secondary N) is 5. The number of ether oxygens (including phenoxy) is 5. The Balaban J connectivity index is 0.000000291. The zero-order valence-electron chi connectivity index (χ0n) is 37.8. The third-order valence-corrected chi connectivity index (χ3v) is 12.1. The van der Waals surface area contributed by atoms with Crippen molar-refractivity contribution >= 4 is 73.6 Å². The fourth-order valence-electron chi connectivity index (χ4n) is 6.18. The fourth-order valence-corrected chi connectivity index (χ4v) is 8.34. The Labute approximate surface area is 388 Å². The van der Waals surface area contributed by atoms with Gasteiger partial charge in [-0.05, 0) is 55.5 Å². The van der Waals surface area contributed by atoms with Gasteiger partial charge in [-0.1, -0.05) is 73.4 Å². The Hall–Kier alpha value is -5.81. The third-order valence-electron chi connectivity index (χ3n) is 9.67. The maximum atomic E-state index is 13.2. The van der Waals surface area contributed by atoms with Crippen LogP contribution in [0.4, 0.5) is 11.5 Å². The topological polar surface area (TPSA) is 217 Å². The molecule has 0 unspecified atom stereocenters. The lowest BCUT2D eigenvalue weighted by molar-refractivity contribution is -0.153. The Morgan fingerprint density at radius 1 is 0.892 bits per heavy atom.